The molecule has 5 nitrogen and oxygen atoms in total. The van der Waals surface area contributed by atoms with Crippen molar-refractivity contribution in [2.75, 3.05) is 18.5 Å². The molecule has 1 aliphatic heterocycles. The summed E-state index contributed by atoms with van der Waals surface area (Å²) in [6, 6.07) is 11.4. The highest BCUT2D eigenvalue weighted by Crippen LogP contribution is 2.19. The molecule has 20 heavy (non-hydrogen) atoms. The van der Waals surface area contributed by atoms with Crippen LogP contribution in [0.4, 0.5) is 5.69 Å². The fourth-order valence-corrected chi connectivity index (χ4v) is 2.33. The molecule has 2 N–H and O–H groups in total. The second kappa shape index (κ2) is 7.28. The van der Waals surface area contributed by atoms with E-state index in [-0.39, 0.29) is 5.71 Å². The first kappa shape index (κ1) is 14.0. The Hall–Kier alpha value is -2.37. The minimum Gasteiger partial charge on any atom is -0.317 e. The van der Waals surface area contributed by atoms with E-state index >= 15 is 0 Å². The smallest absolute Gasteiger partial charge is 0.237 e. The van der Waals surface area contributed by atoms with Gasteiger partial charge in [-0.3, -0.25) is 5.43 Å². The summed E-state index contributed by atoms with van der Waals surface area (Å²) in [5.41, 5.74) is 4.63. The SMILES string of the molecule is N#CC(C#N)=NNc1ccc(CC2CCNCC2)cc1. The quantitative estimate of drug-likeness (QED) is 0.646. The number of nitriles is 2. The first-order chi connectivity index (χ1) is 9.81. The minimum atomic E-state index is -0.177. The molecule has 0 aliphatic carbocycles. The van der Waals surface area contributed by atoms with Gasteiger partial charge in [0.2, 0.25) is 5.71 Å². The van der Waals surface area contributed by atoms with Gasteiger partial charge in [0.05, 0.1) is 5.69 Å². The lowest BCUT2D eigenvalue weighted by molar-refractivity contribution is 0.372. The van der Waals surface area contributed by atoms with Crippen LogP contribution in [0.2, 0.25) is 0 Å². The van der Waals surface area contributed by atoms with Crippen LogP contribution in [0.1, 0.15) is 18.4 Å². The van der Waals surface area contributed by atoms with E-state index in [1.54, 1.807) is 12.1 Å². The van der Waals surface area contributed by atoms with Crippen LogP contribution in [0, 0.1) is 28.6 Å². The third kappa shape index (κ3) is 4.08. The largest absolute Gasteiger partial charge is 0.317 e. The Kier molecular flexibility index (Phi) is 5.11. The number of piperidine rings is 1. The van der Waals surface area contributed by atoms with Gasteiger partial charge < -0.3 is 5.32 Å². The summed E-state index contributed by atoms with van der Waals surface area (Å²) in [5, 5.41) is 24.2. The van der Waals surface area contributed by atoms with Gasteiger partial charge in [0.25, 0.3) is 0 Å². The highest BCUT2D eigenvalue weighted by atomic mass is 15.3. The van der Waals surface area contributed by atoms with Gasteiger partial charge in [-0.05, 0) is 56.0 Å². The summed E-state index contributed by atoms with van der Waals surface area (Å²) < 4.78 is 0. The van der Waals surface area contributed by atoms with Crippen LogP contribution < -0.4 is 10.7 Å². The van der Waals surface area contributed by atoms with Gasteiger partial charge in [-0.2, -0.15) is 15.6 Å². The number of nitrogens with zero attached hydrogens (tertiary/aromatic N) is 3. The van der Waals surface area contributed by atoms with E-state index in [9.17, 15) is 0 Å². The van der Waals surface area contributed by atoms with Gasteiger partial charge in [-0.1, -0.05) is 12.1 Å². The van der Waals surface area contributed by atoms with Crippen LogP contribution in [0.25, 0.3) is 0 Å². The molecule has 1 heterocycles. The van der Waals surface area contributed by atoms with E-state index in [1.807, 2.05) is 12.1 Å². The maximum atomic E-state index is 8.58. The van der Waals surface area contributed by atoms with Gasteiger partial charge in [0, 0.05) is 0 Å². The van der Waals surface area contributed by atoms with Gasteiger partial charge in [-0.25, -0.2) is 0 Å². The second-order valence-electron chi connectivity index (χ2n) is 4.89. The third-order valence-corrected chi connectivity index (χ3v) is 3.45. The first-order valence-corrected chi connectivity index (χ1v) is 6.75. The molecule has 1 fully saturated rings. The molecular weight excluding hydrogens is 250 g/mol. The predicted molar refractivity (Wildman–Crippen MR) is 78.0 cm³/mol. The molecule has 102 valence electrons. The van der Waals surface area contributed by atoms with E-state index < -0.39 is 0 Å². The lowest BCUT2D eigenvalue weighted by Crippen LogP contribution is -2.28. The van der Waals surface area contributed by atoms with Gasteiger partial charge in [0.15, 0.2) is 0 Å². The molecule has 0 spiro atoms. The van der Waals surface area contributed by atoms with Crippen LogP contribution >= 0.6 is 0 Å². The molecule has 0 aromatic heterocycles. The van der Waals surface area contributed by atoms with Crippen molar-refractivity contribution in [2.24, 2.45) is 11.0 Å². The molecule has 1 saturated heterocycles. The summed E-state index contributed by atoms with van der Waals surface area (Å²) in [6.07, 6.45) is 3.57. The van der Waals surface area contributed by atoms with E-state index in [1.165, 1.54) is 18.4 Å². The molecular formula is C15H17N5. The average molecular weight is 267 g/mol. The maximum absolute atomic E-state index is 8.58. The Balaban J connectivity index is 1.91. The van der Waals surface area contributed by atoms with Crippen LogP contribution in [0.3, 0.4) is 0 Å². The molecule has 5 heteroatoms. The lowest BCUT2D eigenvalue weighted by atomic mass is 9.91. The maximum Gasteiger partial charge on any atom is 0.237 e. The molecule has 0 unspecified atom stereocenters. The molecule has 0 saturated carbocycles. The molecule has 1 aliphatic rings. The number of hydrogen-bond acceptors (Lipinski definition) is 5. The monoisotopic (exact) mass is 267 g/mol. The molecule has 0 bridgehead atoms. The third-order valence-electron chi connectivity index (χ3n) is 3.45. The molecule has 0 atom stereocenters. The van der Waals surface area contributed by atoms with Crippen molar-refractivity contribution in [1.29, 1.82) is 10.5 Å². The Labute approximate surface area is 118 Å². The molecule has 0 radical (unpaired) electrons. The fourth-order valence-electron chi connectivity index (χ4n) is 2.33. The summed E-state index contributed by atoms with van der Waals surface area (Å²) in [4.78, 5) is 0. The molecule has 2 rings (SSSR count). The predicted octanol–water partition coefficient (Wildman–Crippen LogP) is 2.04. The van der Waals surface area contributed by atoms with E-state index in [2.05, 4.69) is 28.0 Å². The van der Waals surface area contributed by atoms with Crippen LogP contribution in [-0.4, -0.2) is 18.8 Å². The minimum absolute atomic E-state index is 0.177. The number of hydrogen-bond donors (Lipinski definition) is 2. The van der Waals surface area contributed by atoms with Crippen molar-refractivity contribution in [1.82, 2.24) is 5.32 Å². The van der Waals surface area contributed by atoms with Crippen molar-refractivity contribution in [3.8, 4) is 12.1 Å². The zero-order valence-electron chi connectivity index (χ0n) is 11.3. The number of anilines is 1. The summed E-state index contributed by atoms with van der Waals surface area (Å²) >= 11 is 0. The first-order valence-electron chi connectivity index (χ1n) is 6.75. The highest BCUT2D eigenvalue weighted by molar-refractivity contribution is 6.10. The Morgan fingerprint density at radius 2 is 1.85 bits per heavy atom. The van der Waals surface area contributed by atoms with Crippen molar-refractivity contribution in [3.05, 3.63) is 29.8 Å². The van der Waals surface area contributed by atoms with Crippen molar-refractivity contribution in [3.63, 3.8) is 0 Å². The lowest BCUT2D eigenvalue weighted by Gasteiger charge is -2.22. The Morgan fingerprint density at radius 1 is 1.20 bits per heavy atom. The number of rotatable bonds is 4. The van der Waals surface area contributed by atoms with Crippen molar-refractivity contribution in [2.45, 2.75) is 19.3 Å². The zero-order chi connectivity index (χ0) is 14.2. The number of nitrogens with one attached hydrogen (secondary N) is 2. The van der Waals surface area contributed by atoms with Crippen LogP contribution in [0.5, 0.6) is 0 Å². The van der Waals surface area contributed by atoms with E-state index in [0.717, 1.165) is 31.1 Å². The van der Waals surface area contributed by atoms with Crippen LogP contribution in [0.15, 0.2) is 29.4 Å². The summed E-state index contributed by atoms with van der Waals surface area (Å²) in [5.74, 6) is 0.761. The topological polar surface area (TPSA) is 84.0 Å². The van der Waals surface area contributed by atoms with Crippen LogP contribution in [-0.2, 0) is 6.42 Å². The Bertz CT molecular complexity index is 525. The van der Waals surface area contributed by atoms with E-state index in [4.69, 9.17) is 10.5 Å². The van der Waals surface area contributed by atoms with Gasteiger partial charge in [0.1, 0.15) is 12.1 Å². The average Bonchev–Trinajstić information content (AvgIpc) is 2.51. The van der Waals surface area contributed by atoms with E-state index in [0.29, 0.717) is 0 Å². The normalized spacial score (nSPS) is 14.9. The highest BCUT2D eigenvalue weighted by Gasteiger charge is 2.13. The zero-order valence-corrected chi connectivity index (χ0v) is 11.3. The molecule has 0 amide bonds. The van der Waals surface area contributed by atoms with Crippen molar-refractivity contribution >= 4 is 11.4 Å². The second-order valence-corrected chi connectivity index (χ2v) is 4.89. The molecule has 1 aromatic rings. The van der Waals surface area contributed by atoms with Gasteiger partial charge >= 0.3 is 0 Å². The Morgan fingerprint density at radius 3 is 2.45 bits per heavy atom. The summed E-state index contributed by atoms with van der Waals surface area (Å²) in [6.45, 7) is 2.23. The number of hydrazone groups is 1. The van der Waals surface area contributed by atoms with Gasteiger partial charge in [-0.15, -0.1) is 0 Å². The number of benzene rings is 1. The fraction of sp³-hybridized carbons (Fsp3) is 0.400. The molecule has 1 aromatic carbocycles. The van der Waals surface area contributed by atoms with Crippen molar-refractivity contribution < 1.29 is 0 Å². The standard InChI is InChI=1S/C15H17N5/c16-10-15(11-17)20-19-14-3-1-12(2-4-14)9-13-5-7-18-8-6-13/h1-4,13,18-19H,5-9H2. The summed E-state index contributed by atoms with van der Waals surface area (Å²) in [7, 11) is 0.